The molecule has 2 N–H and O–H groups in total. The number of aliphatic carboxylic acids is 1. The van der Waals surface area contributed by atoms with E-state index in [9.17, 15) is 18.0 Å². The van der Waals surface area contributed by atoms with Crippen molar-refractivity contribution < 1.29 is 23.1 Å². The monoisotopic (exact) mass is 367 g/mol. The van der Waals surface area contributed by atoms with Gasteiger partial charge in [-0.1, -0.05) is 29.8 Å². The molecule has 21 heavy (non-hydrogen) atoms. The largest absolute Gasteiger partial charge is 0.480 e. The topological polar surface area (TPSA) is 49.3 Å². The number of carbonyl (C=O) groups is 1. The third-order valence-electron chi connectivity index (χ3n) is 2.92. The van der Waals surface area contributed by atoms with Crippen LogP contribution in [0.5, 0.6) is 0 Å². The molecule has 3 nitrogen and oxygen atoms in total. The first-order valence-electron chi connectivity index (χ1n) is 6.43. The normalized spacial score (nSPS) is 13.5. The van der Waals surface area contributed by atoms with Gasteiger partial charge in [0, 0.05) is 11.0 Å². The molecule has 0 bridgehead atoms. The Hall–Kier alpha value is -1.08. The molecule has 0 aliphatic carbocycles. The van der Waals surface area contributed by atoms with Gasteiger partial charge in [0.15, 0.2) is 0 Å². The molecule has 0 fully saturated rings. The van der Waals surface area contributed by atoms with Crippen molar-refractivity contribution >= 4 is 21.9 Å². The number of hydrogen-bond acceptors (Lipinski definition) is 2. The first kappa shape index (κ1) is 18.0. The number of carboxylic acids is 1. The maximum Gasteiger partial charge on any atom is 0.416 e. The van der Waals surface area contributed by atoms with E-state index in [0.29, 0.717) is 16.5 Å². The van der Waals surface area contributed by atoms with Gasteiger partial charge < -0.3 is 10.4 Å². The summed E-state index contributed by atoms with van der Waals surface area (Å²) in [6, 6.07) is 2.53. The van der Waals surface area contributed by atoms with Crippen LogP contribution in [0.1, 0.15) is 31.4 Å². The van der Waals surface area contributed by atoms with Crippen molar-refractivity contribution in [2.24, 2.45) is 5.92 Å². The minimum absolute atomic E-state index is 0.0498. The molecule has 1 aromatic rings. The summed E-state index contributed by atoms with van der Waals surface area (Å²) in [4.78, 5) is 11.1. The first-order chi connectivity index (χ1) is 9.61. The average Bonchev–Trinajstić information content (AvgIpc) is 2.33. The van der Waals surface area contributed by atoms with Gasteiger partial charge in [0.25, 0.3) is 0 Å². The Bertz CT molecular complexity index is 503. The molecule has 0 saturated heterocycles. The van der Waals surface area contributed by atoms with Crippen molar-refractivity contribution in [2.45, 2.75) is 39.0 Å². The molecule has 118 valence electrons. The van der Waals surface area contributed by atoms with Crippen LogP contribution in [0, 0.1) is 5.92 Å². The van der Waals surface area contributed by atoms with Gasteiger partial charge in [-0.25, -0.2) is 0 Å². The van der Waals surface area contributed by atoms with E-state index in [1.165, 1.54) is 6.07 Å². The van der Waals surface area contributed by atoms with Crippen LogP contribution in [-0.4, -0.2) is 17.1 Å². The van der Waals surface area contributed by atoms with Crippen LogP contribution >= 0.6 is 15.9 Å². The van der Waals surface area contributed by atoms with Gasteiger partial charge in [0.05, 0.1) is 5.56 Å². The quantitative estimate of drug-likeness (QED) is 0.796. The molecular formula is C14H17BrF3NO2. The molecule has 0 aliphatic heterocycles. The Kier molecular flexibility index (Phi) is 6.22. The molecule has 1 rings (SSSR count). The lowest BCUT2D eigenvalue weighted by atomic mass is 10.0. The maximum atomic E-state index is 12.7. The number of nitrogens with one attached hydrogen (secondary N) is 1. The van der Waals surface area contributed by atoms with Crippen LogP contribution in [0.15, 0.2) is 22.7 Å². The minimum atomic E-state index is -4.42. The highest BCUT2D eigenvalue weighted by Crippen LogP contribution is 2.31. The van der Waals surface area contributed by atoms with Gasteiger partial charge in [-0.05, 0) is 36.1 Å². The standard InChI is InChI=1S/C14H17BrF3NO2/c1-8(2)5-12(13(20)21)19-7-9-6-10(14(16,17)18)3-4-11(9)15/h3-4,6,8,12,19H,5,7H2,1-2H3,(H,20,21). The number of alkyl halides is 3. The predicted octanol–water partition coefficient (Wildman–Crippen LogP) is 4.06. The Morgan fingerprint density at radius 3 is 2.48 bits per heavy atom. The number of hydrogen-bond donors (Lipinski definition) is 2. The van der Waals surface area contributed by atoms with Crippen LogP contribution < -0.4 is 5.32 Å². The van der Waals surface area contributed by atoms with Crippen LogP contribution in [-0.2, 0) is 17.5 Å². The van der Waals surface area contributed by atoms with E-state index in [0.717, 1.165) is 12.1 Å². The highest BCUT2D eigenvalue weighted by atomic mass is 79.9. The van der Waals surface area contributed by atoms with Gasteiger partial charge in [-0.2, -0.15) is 13.2 Å². The molecule has 0 spiro atoms. The summed E-state index contributed by atoms with van der Waals surface area (Å²) in [7, 11) is 0. The summed E-state index contributed by atoms with van der Waals surface area (Å²) in [6.45, 7) is 3.82. The second-order valence-corrected chi connectivity index (χ2v) is 6.06. The van der Waals surface area contributed by atoms with E-state index in [4.69, 9.17) is 5.11 Å². The first-order valence-corrected chi connectivity index (χ1v) is 7.22. The zero-order chi connectivity index (χ0) is 16.2. The molecule has 0 radical (unpaired) electrons. The molecule has 0 saturated carbocycles. The Morgan fingerprint density at radius 2 is 2.00 bits per heavy atom. The van der Waals surface area contributed by atoms with Crippen molar-refractivity contribution in [2.75, 3.05) is 0 Å². The summed E-state index contributed by atoms with van der Waals surface area (Å²) >= 11 is 3.18. The molecule has 1 unspecified atom stereocenters. The second-order valence-electron chi connectivity index (χ2n) is 5.21. The van der Waals surface area contributed by atoms with Gasteiger partial charge in [-0.3, -0.25) is 4.79 Å². The Labute approximate surface area is 129 Å². The second kappa shape index (κ2) is 7.26. The predicted molar refractivity (Wildman–Crippen MR) is 76.9 cm³/mol. The number of benzene rings is 1. The van der Waals surface area contributed by atoms with E-state index < -0.39 is 23.8 Å². The molecular weight excluding hydrogens is 351 g/mol. The molecule has 0 amide bonds. The van der Waals surface area contributed by atoms with Gasteiger partial charge >= 0.3 is 12.1 Å². The van der Waals surface area contributed by atoms with Gasteiger partial charge in [0.2, 0.25) is 0 Å². The van der Waals surface area contributed by atoms with Crippen molar-refractivity contribution in [3.05, 3.63) is 33.8 Å². The van der Waals surface area contributed by atoms with Crippen molar-refractivity contribution in [3.63, 3.8) is 0 Å². The zero-order valence-electron chi connectivity index (χ0n) is 11.7. The van der Waals surface area contributed by atoms with Gasteiger partial charge in [0.1, 0.15) is 6.04 Å². The zero-order valence-corrected chi connectivity index (χ0v) is 13.3. The van der Waals surface area contributed by atoms with Crippen LogP contribution in [0.2, 0.25) is 0 Å². The van der Waals surface area contributed by atoms with Crippen LogP contribution in [0.4, 0.5) is 13.2 Å². The summed E-state index contributed by atoms with van der Waals surface area (Å²) in [6.07, 6.45) is -4.01. The molecule has 0 heterocycles. The van der Waals surface area contributed by atoms with Crippen LogP contribution in [0.3, 0.4) is 0 Å². The third kappa shape index (κ3) is 5.67. The Morgan fingerprint density at radius 1 is 1.38 bits per heavy atom. The van der Waals surface area contributed by atoms with E-state index in [1.807, 2.05) is 13.8 Å². The number of rotatable bonds is 6. The molecule has 7 heteroatoms. The van der Waals surface area contributed by atoms with Crippen LogP contribution in [0.25, 0.3) is 0 Å². The summed E-state index contributed by atoms with van der Waals surface area (Å²) < 4.78 is 38.5. The minimum Gasteiger partial charge on any atom is -0.480 e. The third-order valence-corrected chi connectivity index (χ3v) is 3.69. The van der Waals surface area contributed by atoms with Gasteiger partial charge in [-0.15, -0.1) is 0 Å². The van der Waals surface area contributed by atoms with Crippen molar-refractivity contribution in [1.29, 1.82) is 0 Å². The number of carboxylic acid groups (broad SMARTS) is 1. The highest BCUT2D eigenvalue weighted by Gasteiger charge is 2.31. The smallest absolute Gasteiger partial charge is 0.416 e. The van der Waals surface area contributed by atoms with E-state index in [-0.39, 0.29) is 12.5 Å². The lowest BCUT2D eigenvalue weighted by Gasteiger charge is -2.17. The fourth-order valence-corrected chi connectivity index (χ4v) is 2.25. The number of halogens is 4. The molecule has 1 atom stereocenters. The lowest BCUT2D eigenvalue weighted by molar-refractivity contribution is -0.140. The Balaban J connectivity index is 2.84. The summed E-state index contributed by atoms with van der Waals surface area (Å²) in [5.74, 6) is -0.838. The maximum absolute atomic E-state index is 12.7. The van der Waals surface area contributed by atoms with Crippen molar-refractivity contribution in [1.82, 2.24) is 5.32 Å². The summed E-state index contributed by atoms with van der Waals surface area (Å²) in [5, 5.41) is 11.9. The molecule has 1 aromatic carbocycles. The van der Waals surface area contributed by atoms with Crippen molar-refractivity contribution in [3.8, 4) is 0 Å². The SMILES string of the molecule is CC(C)CC(NCc1cc(C(F)(F)F)ccc1Br)C(=O)O. The van der Waals surface area contributed by atoms with E-state index >= 15 is 0 Å². The fraction of sp³-hybridized carbons (Fsp3) is 0.500. The highest BCUT2D eigenvalue weighted by molar-refractivity contribution is 9.10. The van der Waals surface area contributed by atoms with E-state index in [2.05, 4.69) is 21.2 Å². The summed E-state index contributed by atoms with van der Waals surface area (Å²) in [5.41, 5.74) is -0.377. The van der Waals surface area contributed by atoms with E-state index in [1.54, 1.807) is 0 Å². The molecule has 0 aromatic heterocycles. The lowest BCUT2D eigenvalue weighted by Crippen LogP contribution is -2.37. The average molecular weight is 368 g/mol. The fourth-order valence-electron chi connectivity index (χ4n) is 1.86. The molecule has 0 aliphatic rings.